The van der Waals surface area contributed by atoms with Crippen molar-refractivity contribution in [3.63, 3.8) is 0 Å². The van der Waals surface area contributed by atoms with Crippen molar-refractivity contribution in [3.05, 3.63) is 77.9 Å². The molecule has 1 N–H and O–H groups in total. The van der Waals surface area contributed by atoms with Gasteiger partial charge in [0.1, 0.15) is 12.4 Å². The number of esters is 1. The molecule has 4 nitrogen and oxygen atoms in total. The van der Waals surface area contributed by atoms with Gasteiger partial charge in [-0.2, -0.15) is 0 Å². The molecular weight excluding hydrogens is 364 g/mol. The average Bonchev–Trinajstić information content (AvgIpc) is 2.71. The van der Waals surface area contributed by atoms with Crippen LogP contribution in [0.25, 0.3) is 21.9 Å². The van der Waals surface area contributed by atoms with Crippen LogP contribution in [0.15, 0.2) is 66.7 Å². The molecule has 0 aliphatic carbocycles. The van der Waals surface area contributed by atoms with Gasteiger partial charge in [0.2, 0.25) is 0 Å². The van der Waals surface area contributed by atoms with Crippen LogP contribution in [0.2, 0.25) is 0 Å². The van der Waals surface area contributed by atoms with Crippen LogP contribution in [-0.4, -0.2) is 30.9 Å². The zero-order valence-electron chi connectivity index (χ0n) is 16.9. The second kappa shape index (κ2) is 9.39. The molecule has 29 heavy (non-hydrogen) atoms. The zero-order valence-corrected chi connectivity index (χ0v) is 16.9. The molecule has 4 heteroatoms. The molecular formula is C25H26O4. The van der Waals surface area contributed by atoms with Crippen molar-refractivity contribution in [1.82, 2.24) is 0 Å². The molecule has 150 valence electrons. The highest BCUT2D eigenvalue weighted by molar-refractivity contribution is 5.89. The molecule has 3 rings (SSSR count). The van der Waals surface area contributed by atoms with Crippen molar-refractivity contribution in [2.75, 3.05) is 19.8 Å². The molecule has 0 bridgehead atoms. The third-order valence-electron chi connectivity index (χ3n) is 4.70. The lowest BCUT2D eigenvalue weighted by Gasteiger charge is -2.13. The fraction of sp³-hybridized carbons (Fsp3) is 0.240. The van der Waals surface area contributed by atoms with Crippen molar-refractivity contribution in [2.45, 2.75) is 20.3 Å². The molecule has 3 aromatic rings. The quantitative estimate of drug-likeness (QED) is 0.441. The molecule has 0 saturated heterocycles. The van der Waals surface area contributed by atoms with Gasteiger partial charge in [-0.25, -0.2) is 4.79 Å². The Morgan fingerprint density at radius 3 is 2.52 bits per heavy atom. The van der Waals surface area contributed by atoms with Gasteiger partial charge < -0.3 is 14.6 Å². The molecule has 0 aliphatic rings. The summed E-state index contributed by atoms with van der Waals surface area (Å²) in [6, 6.07) is 18.6. The minimum atomic E-state index is -0.357. The summed E-state index contributed by atoms with van der Waals surface area (Å²) < 4.78 is 10.8. The molecule has 0 fully saturated rings. The monoisotopic (exact) mass is 390 g/mol. The van der Waals surface area contributed by atoms with E-state index in [0.29, 0.717) is 18.6 Å². The lowest BCUT2D eigenvalue weighted by molar-refractivity contribution is -0.138. The lowest BCUT2D eigenvalue weighted by Crippen LogP contribution is -2.08. The first-order valence-electron chi connectivity index (χ1n) is 9.68. The topological polar surface area (TPSA) is 55.8 Å². The van der Waals surface area contributed by atoms with Crippen LogP contribution in [0.4, 0.5) is 0 Å². The van der Waals surface area contributed by atoms with E-state index in [-0.39, 0.29) is 19.2 Å². The Labute approximate surface area is 171 Å². The van der Waals surface area contributed by atoms with Crippen LogP contribution in [0.3, 0.4) is 0 Å². The summed E-state index contributed by atoms with van der Waals surface area (Å²) in [5.74, 6) is 0.388. The van der Waals surface area contributed by atoms with E-state index in [2.05, 4.69) is 49.9 Å². The number of hydrogen-bond donors (Lipinski definition) is 1. The highest BCUT2D eigenvalue weighted by Gasteiger charge is 2.09. The Bertz CT molecular complexity index is 1040. The summed E-state index contributed by atoms with van der Waals surface area (Å²) in [5.41, 5.74) is 4.96. The molecule has 0 aromatic heterocycles. The highest BCUT2D eigenvalue weighted by atomic mass is 16.5. The van der Waals surface area contributed by atoms with E-state index in [0.717, 1.165) is 33.2 Å². The van der Waals surface area contributed by atoms with Gasteiger partial charge in [0, 0.05) is 12.0 Å². The van der Waals surface area contributed by atoms with E-state index < -0.39 is 0 Å². The molecule has 3 aromatic carbocycles. The molecule has 0 spiro atoms. The Hall–Kier alpha value is -3.11. The summed E-state index contributed by atoms with van der Waals surface area (Å²) >= 11 is 0. The van der Waals surface area contributed by atoms with Crippen LogP contribution in [-0.2, 0) is 16.0 Å². The SMILES string of the molecule is C=C(C)C(=O)OCCc1cc(C)ccc1-c1ccc2cc(OCCO)ccc2c1. The number of rotatable bonds is 8. The smallest absolute Gasteiger partial charge is 0.333 e. The van der Waals surface area contributed by atoms with Gasteiger partial charge in [0.05, 0.1) is 13.2 Å². The predicted octanol–water partition coefficient (Wildman–Crippen LogP) is 4.85. The molecule has 0 aliphatic heterocycles. The fourth-order valence-electron chi connectivity index (χ4n) is 3.23. The Morgan fingerprint density at radius 2 is 1.76 bits per heavy atom. The number of ether oxygens (including phenoxy) is 2. The Kier molecular flexibility index (Phi) is 6.68. The van der Waals surface area contributed by atoms with Gasteiger partial charge in [-0.1, -0.05) is 48.5 Å². The number of hydrogen-bond acceptors (Lipinski definition) is 4. The van der Waals surface area contributed by atoms with Crippen LogP contribution >= 0.6 is 0 Å². The summed E-state index contributed by atoms with van der Waals surface area (Å²) in [6.07, 6.45) is 0.641. The van der Waals surface area contributed by atoms with E-state index in [4.69, 9.17) is 14.6 Å². The third kappa shape index (κ3) is 5.24. The fourth-order valence-corrected chi connectivity index (χ4v) is 3.23. The van der Waals surface area contributed by atoms with E-state index in [1.54, 1.807) is 6.92 Å². The van der Waals surface area contributed by atoms with Gasteiger partial charge in [-0.05, 0) is 59.5 Å². The van der Waals surface area contributed by atoms with Crippen molar-refractivity contribution in [1.29, 1.82) is 0 Å². The number of benzene rings is 3. The van der Waals surface area contributed by atoms with Crippen LogP contribution in [0, 0.1) is 6.92 Å². The van der Waals surface area contributed by atoms with Crippen molar-refractivity contribution in [2.24, 2.45) is 0 Å². The van der Waals surface area contributed by atoms with Crippen molar-refractivity contribution < 1.29 is 19.4 Å². The number of carbonyl (C=O) groups is 1. The van der Waals surface area contributed by atoms with E-state index in [9.17, 15) is 4.79 Å². The molecule has 0 heterocycles. The van der Waals surface area contributed by atoms with Crippen LogP contribution in [0.1, 0.15) is 18.1 Å². The van der Waals surface area contributed by atoms with Crippen LogP contribution in [0.5, 0.6) is 5.75 Å². The summed E-state index contributed by atoms with van der Waals surface area (Å²) in [7, 11) is 0. The Morgan fingerprint density at radius 1 is 1.00 bits per heavy atom. The van der Waals surface area contributed by atoms with Crippen molar-refractivity contribution in [3.8, 4) is 16.9 Å². The minimum absolute atomic E-state index is 0.00510. The van der Waals surface area contributed by atoms with Gasteiger partial charge in [-0.15, -0.1) is 0 Å². The normalized spacial score (nSPS) is 10.7. The van der Waals surface area contributed by atoms with Crippen LogP contribution < -0.4 is 4.74 Å². The average molecular weight is 390 g/mol. The molecule has 0 radical (unpaired) electrons. The van der Waals surface area contributed by atoms with Gasteiger partial charge in [0.25, 0.3) is 0 Å². The van der Waals surface area contributed by atoms with E-state index in [1.807, 2.05) is 18.2 Å². The van der Waals surface area contributed by atoms with Gasteiger partial charge in [0.15, 0.2) is 0 Å². The van der Waals surface area contributed by atoms with Gasteiger partial charge in [-0.3, -0.25) is 0 Å². The lowest BCUT2D eigenvalue weighted by atomic mass is 9.94. The highest BCUT2D eigenvalue weighted by Crippen LogP contribution is 2.30. The maximum absolute atomic E-state index is 11.6. The predicted molar refractivity (Wildman–Crippen MR) is 116 cm³/mol. The molecule has 0 amide bonds. The molecule has 0 atom stereocenters. The first-order valence-corrected chi connectivity index (χ1v) is 9.68. The standard InChI is InChI=1S/C25H26O4/c1-17(2)25(27)29-12-10-22-14-18(3)4-9-24(22)21-6-5-20-16-23(28-13-11-26)8-7-19(20)15-21/h4-9,14-16,26H,1,10-13H2,2-3H3. The number of carbonyl (C=O) groups excluding carboxylic acids is 1. The number of aryl methyl sites for hydroxylation is 1. The number of aliphatic hydroxyl groups is 1. The van der Waals surface area contributed by atoms with Crippen molar-refractivity contribution >= 4 is 16.7 Å². The largest absolute Gasteiger partial charge is 0.491 e. The Balaban J connectivity index is 1.86. The first kappa shape index (κ1) is 20.6. The minimum Gasteiger partial charge on any atom is -0.491 e. The summed E-state index contributed by atoms with van der Waals surface area (Å²) in [4.78, 5) is 11.6. The third-order valence-corrected chi connectivity index (χ3v) is 4.70. The zero-order chi connectivity index (χ0) is 20.8. The van der Waals surface area contributed by atoms with E-state index in [1.165, 1.54) is 5.56 Å². The summed E-state index contributed by atoms with van der Waals surface area (Å²) in [6.45, 7) is 7.92. The molecule has 0 unspecified atom stereocenters. The first-order chi connectivity index (χ1) is 14.0. The van der Waals surface area contributed by atoms with Gasteiger partial charge >= 0.3 is 5.97 Å². The van der Waals surface area contributed by atoms with E-state index >= 15 is 0 Å². The number of aliphatic hydroxyl groups excluding tert-OH is 1. The maximum Gasteiger partial charge on any atom is 0.333 e. The second-order valence-corrected chi connectivity index (χ2v) is 7.12. The second-order valence-electron chi connectivity index (χ2n) is 7.12. The molecule has 0 saturated carbocycles. The number of fused-ring (bicyclic) bond motifs is 1. The maximum atomic E-state index is 11.6. The summed E-state index contributed by atoms with van der Waals surface area (Å²) in [5, 5.41) is 11.1.